The van der Waals surface area contributed by atoms with Crippen molar-refractivity contribution < 1.29 is 86.8 Å². The molecule has 0 saturated heterocycles. The zero-order valence-corrected chi connectivity index (χ0v) is 42.6. The fourth-order valence-electron chi connectivity index (χ4n) is 5.80. The Bertz CT molecular complexity index is 2160. The molecule has 0 spiro atoms. The monoisotopic (exact) mass is 1310 g/mol. The van der Waals surface area contributed by atoms with Crippen LogP contribution in [0.25, 0.3) is 0 Å². The summed E-state index contributed by atoms with van der Waals surface area (Å²) in [5.74, 6) is -2.97. The van der Waals surface area contributed by atoms with Crippen LogP contribution >= 0.6 is 22.4 Å². The van der Waals surface area contributed by atoms with Crippen molar-refractivity contribution in [2.24, 2.45) is 0 Å². The van der Waals surface area contributed by atoms with E-state index in [0.29, 0.717) is 12.1 Å². The average Bonchev–Trinajstić information content (AvgIpc) is 3.28. The Labute approximate surface area is 417 Å². The van der Waals surface area contributed by atoms with E-state index in [1.165, 1.54) is 37.1 Å². The van der Waals surface area contributed by atoms with Gasteiger partial charge in [0.15, 0.2) is 0 Å². The third-order valence-corrected chi connectivity index (χ3v) is 16.4. The molecule has 0 aliphatic rings. The van der Waals surface area contributed by atoms with Crippen molar-refractivity contribution in [3.05, 3.63) is 275 Å². The van der Waals surface area contributed by atoms with E-state index in [1.54, 1.807) is 6.07 Å². The molecule has 0 aliphatic carbocycles. The Morgan fingerprint density at radius 3 is 0.738 bits per heavy atom. The second-order valence-corrected chi connectivity index (χ2v) is 22.4. The Kier molecular flexibility index (Phi) is 25.9. The van der Waals surface area contributed by atoms with Crippen molar-refractivity contribution in [3.63, 3.8) is 0 Å². The molecule has 346 valence electrons. The first kappa shape index (κ1) is 57.6. The van der Waals surface area contributed by atoms with Crippen molar-refractivity contribution in [3.8, 4) is 0 Å². The topological polar surface area (TPSA) is 92.2 Å². The van der Waals surface area contributed by atoms with E-state index in [2.05, 4.69) is 166 Å². The largest absolute Gasteiger partial charge is 0.236 e. The molecular weight excluding hydrogens is 1270 g/mol. The second-order valence-electron chi connectivity index (χ2n) is 13.5. The number of hydrogen-bond donors (Lipinski definition) is 0. The second kappa shape index (κ2) is 29.3. The van der Waals surface area contributed by atoms with Crippen molar-refractivity contribution in [2.75, 3.05) is 0 Å². The van der Waals surface area contributed by atoms with Crippen LogP contribution < -0.4 is 55.8 Å². The van der Waals surface area contributed by atoms with Crippen LogP contribution in [0.1, 0.15) is 0 Å². The molecule has 0 N–H and O–H groups in total. The van der Waals surface area contributed by atoms with E-state index in [9.17, 15) is 13.2 Å². The molecule has 8 rings (SSSR count). The van der Waals surface area contributed by atoms with Crippen LogP contribution in [0.15, 0.2) is 224 Å². The molecule has 0 unspecified atom stereocenters. The van der Waals surface area contributed by atoms with E-state index in [0.717, 1.165) is 0 Å². The van der Waals surface area contributed by atoms with Gasteiger partial charge in [-0.25, -0.2) is 31.8 Å². The van der Waals surface area contributed by atoms with Crippen LogP contribution in [0.4, 0.5) is 13.2 Å². The molecule has 0 heterocycles. The minimum atomic E-state index is -4.94. The third kappa shape index (κ3) is 20.5. The average molecular weight is 1310 g/mol. The maximum absolute atomic E-state index is 11.9. The Balaban J connectivity index is 0.000000291. The summed E-state index contributed by atoms with van der Waals surface area (Å²) in [5, 5.41) is 9.18. The van der Waals surface area contributed by atoms with Crippen LogP contribution in [-0.4, -0.2) is 0 Å². The molecule has 0 bridgehead atoms. The normalized spacial score (nSPS) is 10.6. The van der Waals surface area contributed by atoms with Gasteiger partial charge in [0.05, 0.1) is 0 Å². The molecule has 0 amide bonds. The number of rotatable bonds is 7. The molecule has 65 heavy (non-hydrogen) atoms. The van der Waals surface area contributed by atoms with Crippen LogP contribution in [0, 0.1) is 60.4 Å². The van der Waals surface area contributed by atoms with Gasteiger partial charge in [-0.2, -0.15) is 41.2 Å². The van der Waals surface area contributed by atoms with Gasteiger partial charge in [0.1, 0.15) is 0 Å². The zero-order valence-electron chi connectivity index (χ0n) is 34.8. The van der Waals surface area contributed by atoms with Crippen LogP contribution in [0.2, 0.25) is 0 Å². The van der Waals surface area contributed by atoms with E-state index in [4.69, 9.17) is 18.6 Å². The van der Waals surface area contributed by atoms with Crippen LogP contribution in [0.3, 0.4) is 0 Å². The van der Waals surface area contributed by atoms with Crippen molar-refractivity contribution in [1.29, 1.82) is 0 Å². The van der Waals surface area contributed by atoms with Gasteiger partial charge in [-0.1, -0.05) is 164 Å². The SMILES string of the molecule is Fc1[c-]c(F)cc(F)c1.[Au].[Au].[CH2-][P+]([CH2-])(c1ccccc1)c1ccccc1.[CH2-][P+]([CH2-])(c1ccccc1)c1ccccc1.[O-][Cl+3]([O-])([O-])[O-].c1ccc(P(c2ccccc2)c2ccccc2)cc1. The molecular formula is C52H45Au2ClF3O4P3-4. The molecule has 0 saturated carbocycles. The molecule has 0 atom stereocenters. The van der Waals surface area contributed by atoms with Crippen molar-refractivity contribution in [1.82, 2.24) is 0 Å². The minimum absolute atomic E-state index is 0. The minimum Gasteiger partial charge on any atom is -0.236 e. The van der Waals surface area contributed by atoms with Gasteiger partial charge in [-0.05, 0) is 72.4 Å². The predicted molar refractivity (Wildman–Crippen MR) is 250 cm³/mol. The standard InChI is InChI=1S/C18H15P.2C14H14P.C6H2F3.2Au.ClHO4/c1-4-10-16(11-5-1)19(17-12-6-2-7-13-17)18-14-8-3-9-15-18;2*1-15(2,13-9-5-3-6-10-13)14-11-7-4-8-12-14;7-4-1-5(8)3-6(9)2-4;;;2-1(3,4)5/h1-15H;2*3-12H,1-2H2;1-2H;;;(H,2,3,4,5)/q;3*-1;;;/p-1. The van der Waals surface area contributed by atoms with Gasteiger partial charge in [-0.3, -0.25) is 0 Å². The summed E-state index contributed by atoms with van der Waals surface area (Å²) in [4.78, 5) is 0. The molecule has 13 heteroatoms. The maximum atomic E-state index is 11.9. The number of halogens is 4. The molecule has 8 aromatic rings. The number of hydrogen-bond acceptors (Lipinski definition) is 4. The van der Waals surface area contributed by atoms with Gasteiger partial charge in [0.2, 0.25) is 0 Å². The van der Waals surface area contributed by atoms with Crippen molar-refractivity contribution in [2.45, 2.75) is 0 Å². The first-order chi connectivity index (χ1) is 30.1. The Morgan fingerprint density at radius 2 is 0.554 bits per heavy atom. The van der Waals surface area contributed by atoms with Gasteiger partial charge >= 0.3 is 0 Å². The van der Waals surface area contributed by atoms with E-state index in [-0.39, 0.29) is 44.8 Å². The van der Waals surface area contributed by atoms with Gasteiger partial charge < -0.3 is 0 Å². The van der Waals surface area contributed by atoms with E-state index in [1.807, 2.05) is 72.8 Å². The Morgan fingerprint density at radius 1 is 0.369 bits per heavy atom. The van der Waals surface area contributed by atoms with Gasteiger partial charge in [-0.15, -0.1) is 28.4 Å². The fraction of sp³-hybridized carbons (Fsp3) is 0. The summed E-state index contributed by atoms with van der Waals surface area (Å²) in [6.45, 7) is 17.2. The van der Waals surface area contributed by atoms with Crippen LogP contribution in [-0.2, 0) is 44.8 Å². The molecule has 2 radical (unpaired) electrons. The fourth-order valence-corrected chi connectivity index (χ4v) is 11.7. The number of benzene rings is 8. The summed E-state index contributed by atoms with van der Waals surface area (Å²) in [6.07, 6.45) is 0. The predicted octanol–water partition coefficient (Wildman–Crippen LogP) is 7.06. The quantitative estimate of drug-likeness (QED) is 0.0972. The third-order valence-electron chi connectivity index (χ3n) is 8.81. The van der Waals surface area contributed by atoms with Gasteiger partial charge in [0, 0.05) is 83.4 Å². The maximum Gasteiger partial charge on any atom is 0.0408 e. The summed E-state index contributed by atoms with van der Waals surface area (Å²) in [7, 11) is -8.68. The zero-order chi connectivity index (χ0) is 45.7. The molecule has 0 fully saturated rings. The van der Waals surface area contributed by atoms with Gasteiger partial charge in [0.25, 0.3) is 0 Å². The molecule has 0 aromatic heterocycles. The molecule has 4 nitrogen and oxygen atoms in total. The van der Waals surface area contributed by atoms with Crippen LogP contribution in [0.5, 0.6) is 0 Å². The Hall–Kier alpha value is -3.55. The molecule has 8 aromatic carbocycles. The summed E-state index contributed by atoms with van der Waals surface area (Å²) in [6, 6.07) is 76.4. The first-order valence-electron chi connectivity index (χ1n) is 19.0. The smallest absolute Gasteiger partial charge is 0.0408 e. The summed E-state index contributed by atoms with van der Waals surface area (Å²) < 4.78 is 69.7. The van der Waals surface area contributed by atoms with E-state index < -0.39 is 50.1 Å². The summed E-state index contributed by atoms with van der Waals surface area (Å²) in [5.41, 5.74) is 0. The summed E-state index contributed by atoms with van der Waals surface area (Å²) >= 11 is 0. The first-order valence-corrected chi connectivity index (χ1v) is 25.9. The van der Waals surface area contributed by atoms with E-state index >= 15 is 0 Å². The van der Waals surface area contributed by atoms with Crippen molar-refractivity contribution >= 4 is 59.6 Å². The molecule has 0 aliphatic heterocycles.